The van der Waals surface area contributed by atoms with Gasteiger partial charge in [-0.3, -0.25) is 4.79 Å². The summed E-state index contributed by atoms with van der Waals surface area (Å²) in [6.07, 6.45) is 7.31. The molecule has 24 heavy (non-hydrogen) atoms. The molecule has 1 amide bonds. The Morgan fingerprint density at radius 3 is 2.62 bits per heavy atom. The zero-order valence-electron chi connectivity index (χ0n) is 15.2. The predicted molar refractivity (Wildman–Crippen MR) is 95.7 cm³/mol. The summed E-state index contributed by atoms with van der Waals surface area (Å²) in [5.41, 5.74) is 0. The Kier molecular flexibility index (Phi) is 4.85. The van der Waals surface area contributed by atoms with Crippen LogP contribution in [0.25, 0.3) is 0 Å². The van der Waals surface area contributed by atoms with Gasteiger partial charge in [0.15, 0.2) is 0 Å². The van der Waals surface area contributed by atoms with Gasteiger partial charge < -0.3 is 21.3 Å². The van der Waals surface area contributed by atoms with Crippen molar-refractivity contribution in [1.82, 2.24) is 21.3 Å². The maximum Gasteiger partial charge on any atom is 0.237 e. The van der Waals surface area contributed by atoms with E-state index in [9.17, 15) is 4.79 Å². The van der Waals surface area contributed by atoms with Crippen LogP contribution in [0.4, 0.5) is 0 Å². The van der Waals surface area contributed by atoms with Gasteiger partial charge >= 0.3 is 0 Å². The first-order valence-electron chi connectivity index (χ1n) is 10.2. The molecule has 4 N–H and O–H groups in total. The highest BCUT2D eigenvalue weighted by atomic mass is 16.2. The molecule has 7 unspecified atom stereocenters. The van der Waals surface area contributed by atoms with Crippen molar-refractivity contribution in [3.8, 4) is 0 Å². The number of carbonyl (C=O) groups is 1. The minimum Gasteiger partial charge on any atom is -0.350 e. The van der Waals surface area contributed by atoms with Crippen molar-refractivity contribution in [1.29, 1.82) is 0 Å². The van der Waals surface area contributed by atoms with E-state index in [1.54, 1.807) is 0 Å². The van der Waals surface area contributed by atoms with Crippen LogP contribution in [0.3, 0.4) is 0 Å². The summed E-state index contributed by atoms with van der Waals surface area (Å²) in [6.45, 7) is 6.77. The molecule has 1 aliphatic carbocycles. The van der Waals surface area contributed by atoms with E-state index >= 15 is 0 Å². The quantitative estimate of drug-likeness (QED) is 0.619. The molecule has 3 aliphatic heterocycles. The minimum atomic E-state index is 0.00231. The first-order chi connectivity index (χ1) is 11.6. The molecular formula is C19H34N4O. The van der Waals surface area contributed by atoms with Gasteiger partial charge in [0.25, 0.3) is 0 Å². The largest absolute Gasteiger partial charge is 0.350 e. The van der Waals surface area contributed by atoms with E-state index in [0.29, 0.717) is 41.9 Å². The Labute approximate surface area is 146 Å². The standard InChI is InChI=1S/C19H34N4O/c1-11-4-3-8-21-16(11)18(13-5-6-13)23-19(24)15-10-14-7-9-20-12(2)17(14)22-15/h11-18,20-22H,3-10H2,1-2H3,(H,23,24). The summed E-state index contributed by atoms with van der Waals surface area (Å²) >= 11 is 0. The Hall–Kier alpha value is -0.650. The Morgan fingerprint density at radius 1 is 1.08 bits per heavy atom. The molecule has 4 rings (SSSR count). The van der Waals surface area contributed by atoms with Gasteiger partial charge in [-0.1, -0.05) is 6.92 Å². The first-order valence-corrected chi connectivity index (χ1v) is 10.2. The van der Waals surface area contributed by atoms with Gasteiger partial charge in [-0.15, -0.1) is 0 Å². The van der Waals surface area contributed by atoms with Crippen LogP contribution in [0, 0.1) is 17.8 Å². The third kappa shape index (κ3) is 3.35. The SMILES string of the molecule is CC1CCCNC1C(NC(=O)C1CC2CCNC(C)C2N1)C1CC1. The number of piperidine rings is 2. The fourth-order valence-corrected chi connectivity index (χ4v) is 5.32. The lowest BCUT2D eigenvalue weighted by Gasteiger charge is -2.37. The molecule has 4 aliphatic rings. The van der Waals surface area contributed by atoms with Gasteiger partial charge in [0.05, 0.1) is 6.04 Å². The summed E-state index contributed by atoms with van der Waals surface area (Å²) in [5, 5.41) is 14.3. The van der Waals surface area contributed by atoms with Crippen molar-refractivity contribution in [2.75, 3.05) is 13.1 Å². The van der Waals surface area contributed by atoms with E-state index in [0.717, 1.165) is 19.5 Å². The molecule has 3 heterocycles. The lowest BCUT2D eigenvalue weighted by atomic mass is 9.85. The third-order valence-electron chi connectivity index (χ3n) is 6.93. The number of amides is 1. The van der Waals surface area contributed by atoms with Crippen LogP contribution in [0.2, 0.25) is 0 Å². The molecule has 136 valence electrons. The normalized spacial score (nSPS) is 43.9. The maximum atomic E-state index is 13.0. The number of hydrogen-bond acceptors (Lipinski definition) is 4. The van der Waals surface area contributed by atoms with Crippen LogP contribution in [0.15, 0.2) is 0 Å². The fourth-order valence-electron chi connectivity index (χ4n) is 5.32. The second-order valence-corrected chi connectivity index (χ2v) is 8.74. The predicted octanol–water partition coefficient (Wildman–Crippen LogP) is 0.998. The van der Waals surface area contributed by atoms with Gasteiger partial charge in [0.1, 0.15) is 0 Å². The lowest BCUT2D eigenvalue weighted by molar-refractivity contribution is -0.124. The van der Waals surface area contributed by atoms with E-state index < -0.39 is 0 Å². The second-order valence-electron chi connectivity index (χ2n) is 8.74. The molecule has 0 aromatic heterocycles. The average Bonchev–Trinajstić information content (AvgIpc) is 3.31. The molecule has 5 heteroatoms. The van der Waals surface area contributed by atoms with Gasteiger partial charge in [-0.05, 0) is 76.3 Å². The molecule has 0 radical (unpaired) electrons. The molecule has 0 aromatic rings. The summed E-state index contributed by atoms with van der Waals surface area (Å²) in [6, 6.07) is 1.72. The number of fused-ring (bicyclic) bond motifs is 1. The van der Waals surface area contributed by atoms with Gasteiger partial charge in [-0.25, -0.2) is 0 Å². The summed E-state index contributed by atoms with van der Waals surface area (Å²) < 4.78 is 0. The highest BCUT2D eigenvalue weighted by Gasteiger charge is 2.44. The maximum absolute atomic E-state index is 13.0. The van der Waals surface area contributed by atoms with Crippen LogP contribution in [-0.4, -0.2) is 49.2 Å². The van der Waals surface area contributed by atoms with E-state index in [4.69, 9.17) is 0 Å². The lowest BCUT2D eigenvalue weighted by Crippen LogP contribution is -2.59. The van der Waals surface area contributed by atoms with Gasteiger partial charge in [0, 0.05) is 24.2 Å². The van der Waals surface area contributed by atoms with Crippen molar-refractivity contribution < 1.29 is 4.79 Å². The third-order valence-corrected chi connectivity index (χ3v) is 6.93. The van der Waals surface area contributed by atoms with Gasteiger partial charge in [0.2, 0.25) is 5.91 Å². The Balaban J connectivity index is 1.39. The van der Waals surface area contributed by atoms with Crippen LogP contribution in [-0.2, 0) is 4.79 Å². The number of nitrogens with one attached hydrogen (secondary N) is 4. The van der Waals surface area contributed by atoms with Crippen LogP contribution in [0.1, 0.15) is 52.4 Å². The fraction of sp³-hybridized carbons (Fsp3) is 0.947. The Bertz CT molecular complexity index is 466. The van der Waals surface area contributed by atoms with Crippen molar-refractivity contribution in [3.63, 3.8) is 0 Å². The first kappa shape index (κ1) is 16.8. The molecular weight excluding hydrogens is 300 g/mol. The minimum absolute atomic E-state index is 0.00231. The highest BCUT2D eigenvalue weighted by molar-refractivity contribution is 5.82. The second kappa shape index (κ2) is 6.93. The molecule has 5 nitrogen and oxygen atoms in total. The number of carbonyl (C=O) groups excluding carboxylic acids is 1. The van der Waals surface area contributed by atoms with E-state index in [2.05, 4.69) is 35.1 Å². The van der Waals surface area contributed by atoms with E-state index in [1.165, 1.54) is 32.1 Å². The summed E-state index contributed by atoms with van der Waals surface area (Å²) in [7, 11) is 0. The molecule has 0 spiro atoms. The molecule has 4 fully saturated rings. The molecule has 7 atom stereocenters. The monoisotopic (exact) mass is 334 g/mol. The average molecular weight is 335 g/mol. The topological polar surface area (TPSA) is 65.2 Å². The van der Waals surface area contributed by atoms with Crippen LogP contribution < -0.4 is 21.3 Å². The van der Waals surface area contributed by atoms with E-state index in [-0.39, 0.29) is 11.9 Å². The van der Waals surface area contributed by atoms with E-state index in [1.807, 2.05) is 0 Å². The molecule has 3 saturated heterocycles. The number of rotatable bonds is 4. The Morgan fingerprint density at radius 2 is 1.92 bits per heavy atom. The number of hydrogen-bond donors (Lipinski definition) is 4. The van der Waals surface area contributed by atoms with Crippen LogP contribution in [0.5, 0.6) is 0 Å². The molecule has 0 aromatic carbocycles. The summed E-state index contributed by atoms with van der Waals surface area (Å²) in [5.74, 6) is 2.25. The van der Waals surface area contributed by atoms with Gasteiger partial charge in [-0.2, -0.15) is 0 Å². The highest BCUT2D eigenvalue weighted by Crippen LogP contribution is 2.37. The zero-order chi connectivity index (χ0) is 16.7. The summed E-state index contributed by atoms with van der Waals surface area (Å²) in [4.78, 5) is 13.0. The molecule has 0 bridgehead atoms. The van der Waals surface area contributed by atoms with Crippen LogP contribution >= 0.6 is 0 Å². The smallest absolute Gasteiger partial charge is 0.237 e. The van der Waals surface area contributed by atoms with Crippen molar-refractivity contribution in [3.05, 3.63) is 0 Å². The van der Waals surface area contributed by atoms with Crippen molar-refractivity contribution in [2.45, 2.75) is 82.6 Å². The zero-order valence-corrected chi connectivity index (χ0v) is 15.2. The van der Waals surface area contributed by atoms with Crippen molar-refractivity contribution in [2.24, 2.45) is 17.8 Å². The molecule has 1 saturated carbocycles. The van der Waals surface area contributed by atoms with Crippen molar-refractivity contribution >= 4 is 5.91 Å².